The molecule has 0 fully saturated rings. The van der Waals surface area contributed by atoms with Crippen LogP contribution in [0.3, 0.4) is 0 Å². The first-order chi connectivity index (χ1) is 14.7. The largest absolute Gasteiger partial charge is 0.496 e. The molecule has 2 heterocycles. The van der Waals surface area contributed by atoms with Crippen LogP contribution >= 0.6 is 0 Å². The molecule has 1 aromatic carbocycles. The standard InChI is InChI=1S/C22H26N4O5/c1-22(2,3)19-14(23-11-24-19)10-16-21(28)25-15(20(27)26-16)9-13-17(30-5)7-12(29-4)8-18(13)31-6/h7-11H,1-6H3,(H,23,24)(H,25,28)(H,26,27)/b15-9-,16-10-. The van der Waals surface area contributed by atoms with Gasteiger partial charge >= 0.3 is 0 Å². The fourth-order valence-corrected chi connectivity index (χ4v) is 3.17. The molecule has 0 unspecified atom stereocenters. The number of aromatic nitrogens is 4. The van der Waals surface area contributed by atoms with Crippen LogP contribution in [0.1, 0.15) is 37.7 Å². The summed E-state index contributed by atoms with van der Waals surface area (Å²) in [5.41, 5.74) is 0.801. The van der Waals surface area contributed by atoms with Crippen LogP contribution in [0.25, 0.3) is 12.2 Å². The Morgan fingerprint density at radius 1 is 0.871 bits per heavy atom. The zero-order valence-corrected chi connectivity index (χ0v) is 18.4. The van der Waals surface area contributed by atoms with Crippen LogP contribution in [0.15, 0.2) is 28.0 Å². The van der Waals surface area contributed by atoms with Gasteiger partial charge in [0.2, 0.25) is 0 Å². The molecule has 9 nitrogen and oxygen atoms in total. The third-order valence-electron chi connectivity index (χ3n) is 4.73. The van der Waals surface area contributed by atoms with E-state index in [9.17, 15) is 9.59 Å². The number of methoxy groups -OCH3 is 3. The molecular weight excluding hydrogens is 400 g/mol. The Balaban J connectivity index is 2.19. The fourth-order valence-electron chi connectivity index (χ4n) is 3.17. The summed E-state index contributed by atoms with van der Waals surface area (Å²) in [6.45, 7) is 6.08. The van der Waals surface area contributed by atoms with E-state index < -0.39 is 11.1 Å². The van der Waals surface area contributed by atoms with E-state index in [2.05, 4.69) is 19.9 Å². The number of aromatic amines is 3. The lowest BCUT2D eigenvalue weighted by atomic mass is 9.90. The number of rotatable bonds is 5. The number of hydrogen-bond acceptors (Lipinski definition) is 6. The first-order valence-electron chi connectivity index (χ1n) is 9.58. The second-order valence-corrected chi connectivity index (χ2v) is 7.88. The van der Waals surface area contributed by atoms with E-state index in [1.807, 2.05) is 20.8 Å². The molecule has 0 spiro atoms. The quantitative estimate of drug-likeness (QED) is 0.554. The lowest BCUT2D eigenvalue weighted by molar-refractivity contribution is 0.374. The molecular formula is C22H26N4O5. The lowest BCUT2D eigenvalue weighted by Gasteiger charge is -2.16. The summed E-state index contributed by atoms with van der Waals surface area (Å²) in [6.07, 6.45) is 4.61. The number of benzene rings is 1. The van der Waals surface area contributed by atoms with E-state index >= 15 is 0 Å². The summed E-state index contributed by atoms with van der Waals surface area (Å²) in [5, 5.41) is 0.162. The number of nitrogens with one attached hydrogen (secondary N) is 3. The summed E-state index contributed by atoms with van der Waals surface area (Å²) in [7, 11) is 4.51. The first-order valence-corrected chi connectivity index (χ1v) is 9.58. The summed E-state index contributed by atoms with van der Waals surface area (Å²) < 4.78 is 16.0. The maximum Gasteiger partial charge on any atom is 0.272 e. The van der Waals surface area contributed by atoms with Crippen LogP contribution in [-0.4, -0.2) is 41.3 Å². The van der Waals surface area contributed by atoms with Gasteiger partial charge < -0.3 is 29.2 Å². The van der Waals surface area contributed by atoms with Gasteiger partial charge in [-0.2, -0.15) is 0 Å². The molecule has 0 aliphatic heterocycles. The minimum absolute atomic E-state index is 0.0574. The van der Waals surface area contributed by atoms with Gasteiger partial charge in [-0.05, 0) is 12.2 Å². The molecule has 3 aromatic rings. The predicted octanol–water partition coefficient (Wildman–Crippen LogP) is 0.767. The van der Waals surface area contributed by atoms with Gasteiger partial charge in [0.15, 0.2) is 0 Å². The molecule has 9 heteroatoms. The van der Waals surface area contributed by atoms with Crippen LogP contribution in [-0.2, 0) is 5.41 Å². The third-order valence-corrected chi connectivity index (χ3v) is 4.73. The molecule has 0 aliphatic rings. The number of imidazole rings is 1. The van der Waals surface area contributed by atoms with E-state index in [4.69, 9.17) is 14.2 Å². The van der Waals surface area contributed by atoms with Gasteiger partial charge in [0.05, 0.1) is 38.9 Å². The average Bonchev–Trinajstić information content (AvgIpc) is 3.20. The molecule has 0 atom stereocenters. The molecule has 0 amide bonds. The highest BCUT2D eigenvalue weighted by atomic mass is 16.5. The van der Waals surface area contributed by atoms with Gasteiger partial charge in [-0.1, -0.05) is 20.8 Å². The molecule has 0 radical (unpaired) electrons. The van der Waals surface area contributed by atoms with Gasteiger partial charge in [-0.3, -0.25) is 9.59 Å². The number of ether oxygens (including phenoxy) is 3. The van der Waals surface area contributed by atoms with Gasteiger partial charge in [-0.25, -0.2) is 4.98 Å². The topological polar surface area (TPSA) is 122 Å². The molecule has 0 aliphatic carbocycles. The maximum absolute atomic E-state index is 12.7. The van der Waals surface area contributed by atoms with E-state index in [1.54, 1.807) is 24.5 Å². The van der Waals surface area contributed by atoms with Crippen LogP contribution < -0.4 is 36.0 Å². The fraction of sp³-hybridized carbons (Fsp3) is 0.318. The van der Waals surface area contributed by atoms with Gasteiger partial charge in [0, 0.05) is 23.2 Å². The third kappa shape index (κ3) is 4.55. The molecule has 0 saturated heterocycles. The Hall–Kier alpha value is -3.75. The van der Waals surface area contributed by atoms with Crippen molar-refractivity contribution in [3.63, 3.8) is 0 Å². The van der Waals surface area contributed by atoms with Crippen molar-refractivity contribution >= 4 is 12.2 Å². The van der Waals surface area contributed by atoms with Crippen molar-refractivity contribution in [1.29, 1.82) is 0 Å². The van der Waals surface area contributed by atoms with Crippen LogP contribution in [0.5, 0.6) is 17.2 Å². The van der Waals surface area contributed by atoms with Crippen LogP contribution in [0.2, 0.25) is 0 Å². The molecule has 0 saturated carbocycles. The van der Waals surface area contributed by atoms with E-state index in [0.29, 0.717) is 28.5 Å². The Morgan fingerprint density at radius 2 is 1.42 bits per heavy atom. The summed E-state index contributed by atoms with van der Waals surface area (Å²) in [5.74, 6) is 1.39. The molecule has 164 valence electrons. The van der Waals surface area contributed by atoms with Crippen molar-refractivity contribution in [2.45, 2.75) is 26.2 Å². The minimum Gasteiger partial charge on any atom is -0.496 e. The molecule has 3 N–H and O–H groups in total. The summed E-state index contributed by atoms with van der Waals surface area (Å²) in [4.78, 5) is 38.0. The van der Waals surface area contributed by atoms with E-state index in [1.165, 1.54) is 27.4 Å². The van der Waals surface area contributed by atoms with Crippen molar-refractivity contribution in [1.82, 2.24) is 19.9 Å². The van der Waals surface area contributed by atoms with Crippen molar-refractivity contribution in [2.75, 3.05) is 21.3 Å². The second-order valence-electron chi connectivity index (χ2n) is 7.88. The number of H-pyrrole nitrogens is 3. The average molecular weight is 426 g/mol. The second kappa shape index (κ2) is 8.55. The summed E-state index contributed by atoms with van der Waals surface area (Å²) >= 11 is 0. The SMILES string of the molecule is COc1cc(OC)c(/C=c2\[nH]c(=O)/c(=C/c3nc[nH]c3C(C)(C)C)[nH]c2=O)c(OC)c1. The molecule has 31 heavy (non-hydrogen) atoms. The normalized spacial score (nSPS) is 12.8. The highest BCUT2D eigenvalue weighted by Gasteiger charge is 2.19. The molecule has 3 rings (SSSR count). The Kier molecular flexibility index (Phi) is 6.05. The zero-order chi connectivity index (χ0) is 22.8. The maximum atomic E-state index is 12.7. The van der Waals surface area contributed by atoms with Crippen LogP contribution in [0, 0.1) is 0 Å². The van der Waals surface area contributed by atoms with Gasteiger partial charge in [0.25, 0.3) is 11.1 Å². The zero-order valence-electron chi connectivity index (χ0n) is 18.4. The van der Waals surface area contributed by atoms with Crippen molar-refractivity contribution in [3.8, 4) is 17.2 Å². The van der Waals surface area contributed by atoms with E-state index in [-0.39, 0.29) is 16.1 Å². The highest BCUT2D eigenvalue weighted by Crippen LogP contribution is 2.34. The lowest BCUT2D eigenvalue weighted by Crippen LogP contribution is -2.46. The number of hydrogen-bond donors (Lipinski definition) is 3. The molecule has 0 bridgehead atoms. The monoisotopic (exact) mass is 426 g/mol. The summed E-state index contributed by atoms with van der Waals surface area (Å²) in [6, 6.07) is 3.32. The van der Waals surface area contributed by atoms with Crippen molar-refractivity contribution in [2.24, 2.45) is 0 Å². The van der Waals surface area contributed by atoms with Gasteiger partial charge in [0.1, 0.15) is 27.9 Å². The molecule has 2 aromatic heterocycles. The van der Waals surface area contributed by atoms with E-state index in [0.717, 1.165) is 5.69 Å². The van der Waals surface area contributed by atoms with Crippen LogP contribution in [0.4, 0.5) is 0 Å². The van der Waals surface area contributed by atoms with Crippen molar-refractivity contribution in [3.05, 3.63) is 66.8 Å². The first kappa shape index (κ1) is 21.9. The Labute approximate surface area is 178 Å². The van der Waals surface area contributed by atoms with Crippen molar-refractivity contribution < 1.29 is 14.2 Å². The Bertz CT molecular complexity index is 1300. The predicted molar refractivity (Wildman–Crippen MR) is 117 cm³/mol. The minimum atomic E-state index is -0.474. The number of nitrogens with zero attached hydrogens (tertiary/aromatic N) is 1. The highest BCUT2D eigenvalue weighted by molar-refractivity contribution is 5.66. The Morgan fingerprint density at radius 3 is 1.90 bits per heavy atom. The van der Waals surface area contributed by atoms with Gasteiger partial charge in [-0.15, -0.1) is 0 Å². The smallest absolute Gasteiger partial charge is 0.272 e.